The first-order valence-electron chi connectivity index (χ1n) is 6.09. The van der Waals surface area contributed by atoms with Gasteiger partial charge in [-0.2, -0.15) is 0 Å². The Morgan fingerprint density at radius 1 is 1.39 bits per heavy atom. The monoisotopic (exact) mass is 311 g/mol. The van der Waals surface area contributed by atoms with E-state index in [1.165, 1.54) is 31.1 Å². The van der Waals surface area contributed by atoms with E-state index in [1.807, 2.05) is 0 Å². The zero-order chi connectivity index (χ0) is 13.0. The number of benzene rings is 1. The van der Waals surface area contributed by atoms with Crippen molar-refractivity contribution in [3.05, 3.63) is 40.1 Å². The quantitative estimate of drug-likeness (QED) is 0.848. The fraction of sp³-hybridized carbons (Fsp3) is 0.357. The van der Waals surface area contributed by atoms with Crippen molar-refractivity contribution in [2.24, 2.45) is 0 Å². The zero-order valence-corrected chi connectivity index (χ0v) is 11.5. The lowest BCUT2D eigenvalue weighted by molar-refractivity contribution is -0.117. The molecule has 96 valence electrons. The van der Waals surface area contributed by atoms with Gasteiger partial charge in [-0.15, -0.1) is 0 Å². The molecule has 0 saturated heterocycles. The summed E-state index contributed by atoms with van der Waals surface area (Å²) in [4.78, 5) is 11.6. The van der Waals surface area contributed by atoms with Crippen LogP contribution >= 0.6 is 15.9 Å². The highest BCUT2D eigenvalue weighted by Crippen LogP contribution is 2.18. The summed E-state index contributed by atoms with van der Waals surface area (Å²) in [5, 5.41) is 2.92. The van der Waals surface area contributed by atoms with Gasteiger partial charge in [-0.05, 0) is 37.1 Å². The molecule has 1 aliphatic carbocycles. The first-order valence-corrected chi connectivity index (χ1v) is 6.88. The van der Waals surface area contributed by atoms with E-state index >= 15 is 0 Å². The number of hydrogen-bond acceptors (Lipinski definition) is 1. The predicted octanol–water partition coefficient (Wildman–Crippen LogP) is 3.66. The molecule has 1 amide bonds. The predicted molar refractivity (Wildman–Crippen MR) is 73.5 cm³/mol. The Morgan fingerprint density at radius 3 is 2.83 bits per heavy atom. The lowest BCUT2D eigenvalue weighted by atomic mass is 10.2. The molecule has 0 heterocycles. The van der Waals surface area contributed by atoms with Crippen LogP contribution < -0.4 is 5.32 Å². The lowest BCUT2D eigenvalue weighted by Crippen LogP contribution is -2.30. The maximum absolute atomic E-state index is 13.4. The minimum atomic E-state index is -0.330. The van der Waals surface area contributed by atoms with Gasteiger partial charge < -0.3 is 5.32 Å². The molecule has 0 spiro atoms. The van der Waals surface area contributed by atoms with Gasteiger partial charge in [0.1, 0.15) is 5.82 Å². The molecular weight excluding hydrogens is 297 g/mol. The van der Waals surface area contributed by atoms with E-state index in [2.05, 4.69) is 21.2 Å². The molecule has 4 heteroatoms. The number of carbonyl (C=O) groups is 1. The largest absolute Gasteiger partial charge is 0.350 e. The molecule has 2 rings (SSSR count). The van der Waals surface area contributed by atoms with E-state index in [-0.39, 0.29) is 17.8 Å². The first kappa shape index (κ1) is 13.3. The Kier molecular flexibility index (Phi) is 4.53. The molecule has 1 N–H and O–H groups in total. The van der Waals surface area contributed by atoms with Gasteiger partial charge >= 0.3 is 0 Å². The van der Waals surface area contributed by atoms with Crippen LogP contribution in [0.15, 0.2) is 28.7 Å². The van der Waals surface area contributed by atoms with Crippen LogP contribution in [0.25, 0.3) is 6.08 Å². The number of nitrogens with one attached hydrogen (secondary N) is 1. The number of hydrogen-bond donors (Lipinski definition) is 1. The molecule has 2 nitrogen and oxygen atoms in total. The average molecular weight is 312 g/mol. The Balaban J connectivity index is 1.96. The van der Waals surface area contributed by atoms with Crippen LogP contribution in [0.4, 0.5) is 4.39 Å². The fourth-order valence-electron chi connectivity index (χ4n) is 2.13. The van der Waals surface area contributed by atoms with E-state index in [0.29, 0.717) is 5.56 Å². The van der Waals surface area contributed by atoms with E-state index in [4.69, 9.17) is 0 Å². The summed E-state index contributed by atoms with van der Waals surface area (Å²) in [7, 11) is 0. The third-order valence-electron chi connectivity index (χ3n) is 3.07. The summed E-state index contributed by atoms with van der Waals surface area (Å²) in [6, 6.07) is 4.94. The Bertz CT molecular complexity index is 467. The first-order chi connectivity index (χ1) is 8.65. The fourth-order valence-corrected chi connectivity index (χ4v) is 2.51. The van der Waals surface area contributed by atoms with Crippen LogP contribution in [-0.2, 0) is 4.79 Å². The molecule has 18 heavy (non-hydrogen) atoms. The topological polar surface area (TPSA) is 29.1 Å². The normalized spacial score (nSPS) is 16.3. The summed E-state index contributed by atoms with van der Waals surface area (Å²) in [5.74, 6) is -0.482. The molecule has 0 radical (unpaired) electrons. The van der Waals surface area contributed by atoms with Crippen molar-refractivity contribution in [1.29, 1.82) is 0 Å². The molecule has 0 bridgehead atoms. The second-order valence-corrected chi connectivity index (χ2v) is 5.40. The zero-order valence-electron chi connectivity index (χ0n) is 9.96. The van der Waals surface area contributed by atoms with Crippen LogP contribution in [0.2, 0.25) is 0 Å². The van der Waals surface area contributed by atoms with Crippen LogP contribution in [-0.4, -0.2) is 11.9 Å². The van der Waals surface area contributed by atoms with Crippen LogP contribution in [0.1, 0.15) is 31.2 Å². The van der Waals surface area contributed by atoms with Crippen molar-refractivity contribution in [2.45, 2.75) is 31.7 Å². The molecule has 0 aromatic heterocycles. The molecular formula is C14H15BrFNO. The lowest BCUT2D eigenvalue weighted by Gasteiger charge is -2.09. The van der Waals surface area contributed by atoms with Crippen molar-refractivity contribution in [2.75, 3.05) is 0 Å². The third-order valence-corrected chi connectivity index (χ3v) is 3.57. The molecule has 1 aliphatic rings. The third kappa shape index (κ3) is 3.67. The molecule has 1 saturated carbocycles. The van der Waals surface area contributed by atoms with Gasteiger partial charge in [0.2, 0.25) is 5.91 Å². The summed E-state index contributed by atoms with van der Waals surface area (Å²) in [5.41, 5.74) is 0.408. The van der Waals surface area contributed by atoms with Crippen molar-refractivity contribution in [3.63, 3.8) is 0 Å². The van der Waals surface area contributed by atoms with E-state index in [9.17, 15) is 9.18 Å². The minimum absolute atomic E-state index is 0.152. The summed E-state index contributed by atoms with van der Waals surface area (Å²) >= 11 is 3.27. The van der Waals surface area contributed by atoms with Gasteiger partial charge in [-0.1, -0.05) is 28.8 Å². The smallest absolute Gasteiger partial charge is 0.244 e. The molecule has 1 aromatic rings. The van der Waals surface area contributed by atoms with Gasteiger partial charge in [0.15, 0.2) is 0 Å². The SMILES string of the molecule is O=C(/C=C/c1cc(Br)ccc1F)NC1CCCC1. The van der Waals surface area contributed by atoms with E-state index < -0.39 is 0 Å². The van der Waals surface area contributed by atoms with E-state index in [0.717, 1.165) is 17.3 Å². The maximum Gasteiger partial charge on any atom is 0.244 e. The van der Waals surface area contributed by atoms with Gasteiger partial charge in [0, 0.05) is 22.2 Å². The molecule has 1 aromatic carbocycles. The summed E-state index contributed by atoms with van der Waals surface area (Å²) in [6.45, 7) is 0. The second kappa shape index (κ2) is 6.14. The Hall–Kier alpha value is -1.16. The Labute approximate surface area is 114 Å². The highest BCUT2D eigenvalue weighted by atomic mass is 79.9. The maximum atomic E-state index is 13.4. The highest BCUT2D eigenvalue weighted by molar-refractivity contribution is 9.10. The second-order valence-electron chi connectivity index (χ2n) is 4.49. The van der Waals surface area contributed by atoms with E-state index in [1.54, 1.807) is 12.1 Å². The van der Waals surface area contributed by atoms with Crippen LogP contribution in [0.5, 0.6) is 0 Å². The minimum Gasteiger partial charge on any atom is -0.350 e. The molecule has 0 unspecified atom stereocenters. The Morgan fingerprint density at radius 2 is 2.11 bits per heavy atom. The number of halogens is 2. The summed E-state index contributed by atoms with van der Waals surface area (Å²) in [6.07, 6.45) is 7.34. The molecule has 1 fully saturated rings. The van der Waals surface area contributed by atoms with Crippen molar-refractivity contribution >= 4 is 27.9 Å². The van der Waals surface area contributed by atoms with Gasteiger partial charge in [0.05, 0.1) is 0 Å². The van der Waals surface area contributed by atoms with Crippen molar-refractivity contribution < 1.29 is 9.18 Å². The standard InChI is InChI=1S/C14H15BrFNO/c15-11-6-7-13(16)10(9-11)5-8-14(18)17-12-3-1-2-4-12/h5-9,12H,1-4H2,(H,17,18)/b8-5+. The average Bonchev–Trinajstić information content (AvgIpc) is 2.83. The highest BCUT2D eigenvalue weighted by Gasteiger charge is 2.15. The number of carbonyl (C=O) groups excluding carboxylic acids is 1. The van der Waals surface area contributed by atoms with Gasteiger partial charge in [0.25, 0.3) is 0 Å². The number of rotatable bonds is 3. The van der Waals surface area contributed by atoms with Gasteiger partial charge in [-0.25, -0.2) is 4.39 Å². The number of amides is 1. The van der Waals surface area contributed by atoms with Crippen LogP contribution in [0, 0.1) is 5.82 Å². The molecule has 0 atom stereocenters. The van der Waals surface area contributed by atoms with Crippen LogP contribution in [0.3, 0.4) is 0 Å². The van der Waals surface area contributed by atoms with Gasteiger partial charge in [-0.3, -0.25) is 4.79 Å². The van der Waals surface area contributed by atoms with Crippen molar-refractivity contribution in [3.8, 4) is 0 Å². The van der Waals surface area contributed by atoms with Crippen molar-refractivity contribution in [1.82, 2.24) is 5.32 Å². The molecule has 0 aliphatic heterocycles. The summed E-state index contributed by atoms with van der Waals surface area (Å²) < 4.78 is 14.2.